The van der Waals surface area contributed by atoms with E-state index in [9.17, 15) is 13.2 Å². The van der Waals surface area contributed by atoms with Gasteiger partial charge in [-0.15, -0.1) is 11.3 Å². The lowest BCUT2D eigenvalue weighted by Gasteiger charge is -2.10. The van der Waals surface area contributed by atoms with E-state index in [2.05, 4.69) is 9.97 Å². The SMILES string of the molecule is COc1cc2c(CCC(=O)O)cn(S(=O)(=O)c3ccc(-c4ccnc(SC)n4)s3)c2cc1OC. The number of benzene rings is 1. The van der Waals surface area contributed by atoms with Crippen LogP contribution >= 0.6 is 23.1 Å². The quantitative estimate of drug-likeness (QED) is 0.257. The number of carboxylic acid groups (broad SMARTS) is 1. The van der Waals surface area contributed by atoms with Crippen LogP contribution in [0.4, 0.5) is 0 Å². The molecule has 0 saturated carbocycles. The molecule has 3 aromatic heterocycles. The van der Waals surface area contributed by atoms with Gasteiger partial charge in [0.2, 0.25) is 0 Å². The van der Waals surface area contributed by atoms with Crippen molar-refractivity contribution in [1.82, 2.24) is 13.9 Å². The largest absolute Gasteiger partial charge is 0.493 e. The molecule has 0 atom stereocenters. The van der Waals surface area contributed by atoms with Gasteiger partial charge in [-0.3, -0.25) is 4.79 Å². The zero-order chi connectivity index (χ0) is 24.5. The van der Waals surface area contributed by atoms with E-state index in [0.717, 1.165) is 11.3 Å². The molecule has 9 nitrogen and oxygen atoms in total. The van der Waals surface area contributed by atoms with Crippen LogP contribution in [0.15, 0.2) is 52.1 Å². The fourth-order valence-corrected chi connectivity index (χ4v) is 6.60. The summed E-state index contributed by atoms with van der Waals surface area (Å²) in [4.78, 5) is 20.4. The highest BCUT2D eigenvalue weighted by atomic mass is 32.2. The van der Waals surface area contributed by atoms with Crippen LogP contribution in [0, 0.1) is 0 Å². The smallest absolute Gasteiger partial charge is 0.303 e. The number of hydrogen-bond donors (Lipinski definition) is 1. The van der Waals surface area contributed by atoms with E-state index in [0.29, 0.717) is 43.7 Å². The summed E-state index contributed by atoms with van der Waals surface area (Å²) < 4.78 is 39.4. The van der Waals surface area contributed by atoms with Crippen molar-refractivity contribution in [3.63, 3.8) is 0 Å². The second-order valence-electron chi connectivity index (χ2n) is 7.12. The van der Waals surface area contributed by atoms with Crippen LogP contribution in [-0.2, 0) is 21.2 Å². The van der Waals surface area contributed by atoms with Crippen molar-refractivity contribution in [1.29, 1.82) is 0 Å². The van der Waals surface area contributed by atoms with E-state index >= 15 is 0 Å². The average Bonchev–Trinajstić information content (AvgIpc) is 3.48. The lowest BCUT2D eigenvalue weighted by molar-refractivity contribution is -0.136. The van der Waals surface area contributed by atoms with E-state index in [1.165, 1.54) is 36.2 Å². The number of carboxylic acids is 1. The lowest BCUT2D eigenvalue weighted by Crippen LogP contribution is -2.10. The van der Waals surface area contributed by atoms with Crippen LogP contribution in [0.3, 0.4) is 0 Å². The van der Waals surface area contributed by atoms with Crippen LogP contribution in [-0.4, -0.2) is 53.9 Å². The highest BCUT2D eigenvalue weighted by molar-refractivity contribution is 7.98. The molecular formula is C22H21N3O6S3. The van der Waals surface area contributed by atoms with Gasteiger partial charge in [-0.2, -0.15) is 8.42 Å². The highest BCUT2D eigenvalue weighted by Gasteiger charge is 2.25. The molecule has 1 N–H and O–H groups in total. The molecule has 0 fully saturated rings. The van der Waals surface area contributed by atoms with Gasteiger partial charge in [-0.25, -0.2) is 13.9 Å². The molecule has 3 heterocycles. The normalized spacial score (nSPS) is 11.6. The van der Waals surface area contributed by atoms with Gasteiger partial charge in [0.15, 0.2) is 16.7 Å². The number of hydrogen-bond acceptors (Lipinski definition) is 9. The van der Waals surface area contributed by atoms with E-state index in [1.54, 1.807) is 36.5 Å². The third-order valence-corrected chi connectivity index (χ3v) is 8.94. The monoisotopic (exact) mass is 519 g/mol. The van der Waals surface area contributed by atoms with Crippen molar-refractivity contribution in [3.8, 4) is 22.1 Å². The molecule has 0 aliphatic carbocycles. The molecule has 4 rings (SSSR count). The first kappa shape index (κ1) is 24.0. The summed E-state index contributed by atoms with van der Waals surface area (Å²) in [6, 6.07) is 8.24. The predicted molar refractivity (Wildman–Crippen MR) is 131 cm³/mol. The van der Waals surface area contributed by atoms with Gasteiger partial charge in [-0.1, -0.05) is 11.8 Å². The summed E-state index contributed by atoms with van der Waals surface area (Å²) in [5.74, 6) is -0.179. The van der Waals surface area contributed by atoms with Crippen molar-refractivity contribution < 1.29 is 27.8 Å². The molecule has 0 radical (unpaired) electrons. The lowest BCUT2D eigenvalue weighted by atomic mass is 10.1. The number of ether oxygens (including phenoxy) is 2. The average molecular weight is 520 g/mol. The summed E-state index contributed by atoms with van der Waals surface area (Å²) >= 11 is 2.50. The molecule has 0 aliphatic rings. The Morgan fingerprint density at radius 3 is 2.59 bits per heavy atom. The topological polar surface area (TPSA) is 121 Å². The number of fused-ring (bicyclic) bond motifs is 1. The molecule has 12 heteroatoms. The van der Waals surface area contributed by atoms with Crippen molar-refractivity contribution in [2.24, 2.45) is 0 Å². The van der Waals surface area contributed by atoms with Gasteiger partial charge in [0, 0.05) is 30.3 Å². The molecule has 0 unspecified atom stereocenters. The molecular weight excluding hydrogens is 498 g/mol. The summed E-state index contributed by atoms with van der Waals surface area (Å²) in [6.45, 7) is 0. The second kappa shape index (κ2) is 9.65. The minimum absolute atomic E-state index is 0.128. The molecule has 1 aromatic carbocycles. The Balaban J connectivity index is 1.84. The van der Waals surface area contributed by atoms with Crippen molar-refractivity contribution in [3.05, 3.63) is 48.3 Å². The van der Waals surface area contributed by atoms with Gasteiger partial charge in [-0.05, 0) is 42.5 Å². The predicted octanol–water partition coefficient (Wildman–Crippen LogP) is 4.15. The standard InChI is InChI=1S/C22H21N3O6S3/c1-30-17-10-14-13(4-6-20(26)27)12-25(16(14)11-18(17)31-2)34(28,29)21-7-5-19(33-21)15-8-9-23-22(24-15)32-3/h5,7-12H,4,6H2,1-3H3,(H,26,27). The maximum atomic E-state index is 13.7. The Morgan fingerprint density at radius 2 is 1.91 bits per heavy atom. The van der Waals surface area contributed by atoms with E-state index in [4.69, 9.17) is 14.6 Å². The first-order valence-corrected chi connectivity index (χ1v) is 13.5. The van der Waals surface area contributed by atoms with Crippen LogP contribution in [0.1, 0.15) is 12.0 Å². The summed E-state index contributed by atoms with van der Waals surface area (Å²) in [5, 5.41) is 10.3. The maximum absolute atomic E-state index is 13.7. The fourth-order valence-electron chi connectivity index (χ4n) is 3.50. The Hall–Kier alpha value is -3.09. The Morgan fingerprint density at radius 1 is 1.18 bits per heavy atom. The number of nitrogens with zero attached hydrogens (tertiary/aromatic N) is 3. The molecule has 0 aliphatic heterocycles. The van der Waals surface area contributed by atoms with E-state index in [1.807, 2.05) is 6.26 Å². The zero-order valence-electron chi connectivity index (χ0n) is 18.5. The van der Waals surface area contributed by atoms with Crippen LogP contribution in [0.5, 0.6) is 11.5 Å². The number of thioether (sulfide) groups is 1. The Bertz CT molecular complexity index is 1480. The Kier molecular flexibility index (Phi) is 6.82. The van der Waals surface area contributed by atoms with Gasteiger partial charge < -0.3 is 14.6 Å². The summed E-state index contributed by atoms with van der Waals surface area (Å²) in [5.41, 5.74) is 1.59. The van der Waals surface area contributed by atoms with E-state index < -0.39 is 16.0 Å². The van der Waals surface area contributed by atoms with Crippen molar-refractivity contribution in [2.75, 3.05) is 20.5 Å². The second-order valence-corrected chi connectivity index (χ2v) is 11.0. The van der Waals surface area contributed by atoms with Crippen LogP contribution in [0.25, 0.3) is 21.5 Å². The van der Waals surface area contributed by atoms with Crippen LogP contribution in [0.2, 0.25) is 0 Å². The van der Waals surface area contributed by atoms with Gasteiger partial charge in [0.05, 0.1) is 30.3 Å². The number of thiophene rings is 1. The number of aryl methyl sites for hydroxylation is 1. The van der Waals surface area contributed by atoms with Gasteiger partial charge in [0.1, 0.15) is 4.21 Å². The Labute approximate surface area is 204 Å². The minimum Gasteiger partial charge on any atom is -0.493 e. The molecule has 0 spiro atoms. The molecule has 0 saturated heterocycles. The number of aliphatic carboxylic acids is 1. The third kappa shape index (κ3) is 4.48. The van der Waals surface area contributed by atoms with Crippen molar-refractivity contribution in [2.45, 2.75) is 22.2 Å². The van der Waals surface area contributed by atoms with Crippen LogP contribution < -0.4 is 9.47 Å². The highest BCUT2D eigenvalue weighted by Crippen LogP contribution is 2.38. The number of carbonyl (C=O) groups is 1. The molecule has 34 heavy (non-hydrogen) atoms. The van der Waals surface area contributed by atoms with Gasteiger partial charge in [0.25, 0.3) is 10.0 Å². The first-order chi connectivity index (χ1) is 16.3. The number of aromatic nitrogens is 3. The molecule has 0 bridgehead atoms. The fraction of sp³-hybridized carbons (Fsp3) is 0.227. The first-order valence-electron chi connectivity index (χ1n) is 9.99. The minimum atomic E-state index is -3.99. The summed E-state index contributed by atoms with van der Waals surface area (Å²) in [6.07, 6.45) is 5.00. The molecule has 4 aromatic rings. The number of rotatable bonds is 9. The third-order valence-electron chi connectivity index (χ3n) is 5.13. The van der Waals surface area contributed by atoms with Gasteiger partial charge >= 0.3 is 5.97 Å². The summed E-state index contributed by atoms with van der Waals surface area (Å²) in [7, 11) is -1.04. The van der Waals surface area contributed by atoms with E-state index in [-0.39, 0.29) is 17.1 Å². The zero-order valence-corrected chi connectivity index (χ0v) is 21.0. The maximum Gasteiger partial charge on any atom is 0.303 e. The van der Waals surface area contributed by atoms with Crippen molar-refractivity contribution >= 4 is 50.0 Å². The molecule has 0 amide bonds. The molecule has 178 valence electrons. The number of methoxy groups -OCH3 is 2.